The molecule has 1 saturated heterocycles. The first-order chi connectivity index (χ1) is 11.8. The Bertz CT molecular complexity index is 657. The Balaban J connectivity index is 1.60. The van der Waals surface area contributed by atoms with Crippen LogP contribution in [0.4, 0.5) is 4.39 Å². The number of benzene rings is 1. The van der Waals surface area contributed by atoms with Gasteiger partial charge in [0.2, 0.25) is 0 Å². The van der Waals surface area contributed by atoms with Gasteiger partial charge in [0, 0.05) is 37.0 Å². The fourth-order valence-corrected chi connectivity index (χ4v) is 3.92. The van der Waals surface area contributed by atoms with Crippen LogP contribution in [0.15, 0.2) is 41.0 Å². The molecule has 2 heterocycles. The Morgan fingerprint density at radius 1 is 1.42 bits per heavy atom. The van der Waals surface area contributed by atoms with E-state index in [1.807, 2.05) is 11.6 Å². The van der Waals surface area contributed by atoms with Gasteiger partial charge in [0.1, 0.15) is 12.9 Å². The van der Waals surface area contributed by atoms with Gasteiger partial charge in [-0.1, -0.05) is 17.3 Å². The highest BCUT2D eigenvalue weighted by atomic mass is 32.1. The quantitative estimate of drug-likeness (QED) is 0.587. The molecule has 1 aromatic heterocycles. The summed E-state index contributed by atoms with van der Waals surface area (Å²) < 4.78 is 13.1. The lowest BCUT2D eigenvalue weighted by Crippen LogP contribution is -2.35. The second kappa shape index (κ2) is 8.35. The van der Waals surface area contributed by atoms with E-state index in [-0.39, 0.29) is 5.82 Å². The molecular formula is C18H22FN3OS. The maximum Gasteiger partial charge on any atom is 0.123 e. The van der Waals surface area contributed by atoms with Crippen molar-refractivity contribution in [3.63, 3.8) is 0 Å². The van der Waals surface area contributed by atoms with Crippen molar-refractivity contribution in [3.05, 3.63) is 52.2 Å². The maximum absolute atomic E-state index is 13.1. The molecule has 128 valence electrons. The zero-order valence-electron chi connectivity index (χ0n) is 13.8. The summed E-state index contributed by atoms with van der Waals surface area (Å²) in [6, 6.07) is 6.42. The molecule has 2 aromatic rings. The van der Waals surface area contributed by atoms with E-state index in [2.05, 4.69) is 15.0 Å². The molecule has 1 aliphatic heterocycles. The van der Waals surface area contributed by atoms with Gasteiger partial charge in [-0.15, -0.1) is 11.3 Å². The second-order valence-electron chi connectivity index (χ2n) is 5.99. The fraction of sp³-hybridized carbons (Fsp3) is 0.444. The van der Waals surface area contributed by atoms with Crippen molar-refractivity contribution in [2.24, 2.45) is 5.16 Å². The molecular weight excluding hydrogens is 325 g/mol. The third-order valence-electron chi connectivity index (χ3n) is 4.35. The molecule has 1 aromatic carbocycles. The summed E-state index contributed by atoms with van der Waals surface area (Å²) in [6.07, 6.45) is 5.07. The first-order valence-corrected chi connectivity index (χ1v) is 9.12. The van der Waals surface area contributed by atoms with E-state index in [1.165, 1.54) is 30.0 Å². The fourth-order valence-electron chi connectivity index (χ4n) is 3.16. The largest absolute Gasteiger partial charge is 0.399 e. The Morgan fingerprint density at radius 3 is 2.96 bits per heavy atom. The number of thiazole rings is 1. The van der Waals surface area contributed by atoms with Crippen molar-refractivity contribution in [3.8, 4) is 0 Å². The van der Waals surface area contributed by atoms with Crippen LogP contribution in [0, 0.1) is 5.82 Å². The van der Waals surface area contributed by atoms with Crippen LogP contribution >= 0.6 is 11.3 Å². The van der Waals surface area contributed by atoms with E-state index < -0.39 is 0 Å². The molecule has 0 aliphatic carbocycles. The van der Waals surface area contributed by atoms with Crippen LogP contribution in [0.3, 0.4) is 0 Å². The molecule has 6 heteroatoms. The summed E-state index contributed by atoms with van der Waals surface area (Å²) in [6.45, 7) is 3.06. The van der Waals surface area contributed by atoms with Crippen molar-refractivity contribution in [2.75, 3.05) is 26.7 Å². The van der Waals surface area contributed by atoms with Gasteiger partial charge in [-0.05, 0) is 37.1 Å². The van der Waals surface area contributed by atoms with Crippen LogP contribution in [-0.2, 0) is 4.84 Å². The van der Waals surface area contributed by atoms with Gasteiger partial charge in [-0.2, -0.15) is 0 Å². The van der Waals surface area contributed by atoms with Gasteiger partial charge in [0.25, 0.3) is 0 Å². The van der Waals surface area contributed by atoms with Gasteiger partial charge < -0.3 is 9.74 Å². The molecule has 1 fully saturated rings. The molecule has 0 radical (unpaired) electrons. The average molecular weight is 347 g/mol. The molecule has 1 atom stereocenters. The van der Waals surface area contributed by atoms with Crippen molar-refractivity contribution >= 4 is 17.0 Å². The van der Waals surface area contributed by atoms with Gasteiger partial charge in [0.15, 0.2) is 0 Å². The van der Waals surface area contributed by atoms with Crippen molar-refractivity contribution in [2.45, 2.75) is 25.2 Å². The van der Waals surface area contributed by atoms with E-state index in [0.717, 1.165) is 37.3 Å². The molecule has 1 aliphatic rings. The van der Waals surface area contributed by atoms with Gasteiger partial charge in [-0.3, -0.25) is 0 Å². The van der Waals surface area contributed by atoms with Gasteiger partial charge >= 0.3 is 0 Å². The third-order valence-corrected chi connectivity index (χ3v) is 5.29. The van der Waals surface area contributed by atoms with Crippen LogP contribution < -0.4 is 0 Å². The molecule has 0 N–H and O–H groups in total. The summed E-state index contributed by atoms with van der Waals surface area (Å²) in [5, 5.41) is 7.42. The highest BCUT2D eigenvalue weighted by molar-refractivity contribution is 7.09. The number of oxime groups is 1. The second-order valence-corrected chi connectivity index (χ2v) is 6.91. The first kappa shape index (κ1) is 17.0. The molecule has 1 unspecified atom stereocenters. The summed E-state index contributed by atoms with van der Waals surface area (Å²) in [7, 11) is 1.54. The van der Waals surface area contributed by atoms with Crippen LogP contribution in [0.2, 0.25) is 0 Å². The van der Waals surface area contributed by atoms with Gasteiger partial charge in [0.05, 0.1) is 10.7 Å². The van der Waals surface area contributed by atoms with E-state index in [0.29, 0.717) is 5.92 Å². The number of halogens is 1. The summed E-state index contributed by atoms with van der Waals surface area (Å²) >= 11 is 1.75. The van der Waals surface area contributed by atoms with Crippen molar-refractivity contribution in [1.29, 1.82) is 0 Å². The Kier molecular flexibility index (Phi) is 5.93. The first-order valence-electron chi connectivity index (χ1n) is 8.24. The van der Waals surface area contributed by atoms with Gasteiger partial charge in [-0.25, -0.2) is 9.37 Å². The van der Waals surface area contributed by atoms with Crippen LogP contribution in [-0.4, -0.2) is 42.3 Å². The predicted molar refractivity (Wildman–Crippen MR) is 95.1 cm³/mol. The lowest BCUT2D eigenvalue weighted by atomic mass is 9.98. The molecule has 3 rings (SSSR count). The Morgan fingerprint density at radius 2 is 2.25 bits per heavy atom. The minimum Gasteiger partial charge on any atom is -0.399 e. The smallest absolute Gasteiger partial charge is 0.123 e. The summed E-state index contributed by atoms with van der Waals surface area (Å²) in [5.41, 5.74) is 1.76. The van der Waals surface area contributed by atoms with E-state index >= 15 is 0 Å². The minimum absolute atomic E-state index is 0.238. The highest BCUT2D eigenvalue weighted by Crippen LogP contribution is 2.28. The Labute approximate surface area is 146 Å². The maximum atomic E-state index is 13.1. The van der Waals surface area contributed by atoms with Crippen molar-refractivity contribution < 1.29 is 9.23 Å². The number of hydrogen-bond acceptors (Lipinski definition) is 5. The number of hydrogen-bond donors (Lipinski definition) is 0. The number of piperidine rings is 1. The standard InChI is InChI=1S/C18H22FN3OS/c1-23-21-17(14-4-6-16(19)7-5-14)8-11-22-10-2-3-15(13-22)18-20-9-12-24-18/h4-7,9,12,15H,2-3,8,10-11,13H2,1H3/b21-17+. The van der Waals surface area contributed by atoms with Crippen LogP contribution in [0.1, 0.15) is 35.8 Å². The molecule has 0 saturated carbocycles. The van der Waals surface area contributed by atoms with Crippen molar-refractivity contribution in [1.82, 2.24) is 9.88 Å². The Hall–Kier alpha value is -1.79. The van der Waals surface area contributed by atoms with E-state index in [4.69, 9.17) is 4.84 Å². The van der Waals surface area contributed by atoms with Crippen LogP contribution in [0.25, 0.3) is 0 Å². The zero-order chi connectivity index (χ0) is 16.8. The highest BCUT2D eigenvalue weighted by Gasteiger charge is 2.23. The SMILES string of the molecule is CO/N=C(\CCN1CCCC(c2nccs2)C1)c1ccc(F)cc1. The molecule has 24 heavy (non-hydrogen) atoms. The zero-order valence-corrected chi connectivity index (χ0v) is 14.6. The third kappa shape index (κ3) is 4.39. The average Bonchev–Trinajstić information content (AvgIpc) is 3.14. The number of likely N-dealkylation sites (tertiary alicyclic amines) is 1. The normalized spacial score (nSPS) is 19.4. The molecule has 4 nitrogen and oxygen atoms in total. The number of rotatable bonds is 6. The number of aromatic nitrogens is 1. The van der Waals surface area contributed by atoms with E-state index in [1.54, 1.807) is 30.6 Å². The minimum atomic E-state index is -0.238. The molecule has 0 spiro atoms. The topological polar surface area (TPSA) is 37.7 Å². The predicted octanol–water partition coefficient (Wildman–Crippen LogP) is 3.90. The lowest BCUT2D eigenvalue weighted by molar-refractivity contribution is 0.203. The molecule has 0 amide bonds. The summed E-state index contributed by atoms with van der Waals surface area (Å²) in [4.78, 5) is 11.9. The monoisotopic (exact) mass is 347 g/mol. The molecule has 0 bridgehead atoms. The van der Waals surface area contributed by atoms with Crippen LogP contribution in [0.5, 0.6) is 0 Å². The summed E-state index contributed by atoms with van der Waals surface area (Å²) in [5.74, 6) is 0.297. The lowest BCUT2D eigenvalue weighted by Gasteiger charge is -2.31. The van der Waals surface area contributed by atoms with E-state index in [9.17, 15) is 4.39 Å². The number of nitrogens with zero attached hydrogens (tertiary/aromatic N) is 3.